The first-order valence-electron chi connectivity index (χ1n) is 5.78. The van der Waals surface area contributed by atoms with Crippen LogP contribution in [-0.4, -0.2) is 14.9 Å². The lowest BCUT2D eigenvalue weighted by molar-refractivity contribution is 0.190. The average molecular weight is 250 g/mol. The van der Waals surface area contributed by atoms with Gasteiger partial charge >= 0.3 is 0 Å². The van der Waals surface area contributed by atoms with Crippen LogP contribution in [-0.2, 0) is 6.54 Å². The normalized spacial score (nSPS) is 12.4. The lowest BCUT2D eigenvalue weighted by atomic mass is 10.1. The number of hydrogen-bond acceptors (Lipinski definition) is 3. The van der Waals surface area contributed by atoms with Gasteiger partial charge in [-0.25, -0.2) is 4.39 Å². The third-order valence-corrected chi connectivity index (χ3v) is 2.59. The van der Waals surface area contributed by atoms with Gasteiger partial charge in [0, 0.05) is 6.54 Å². The minimum absolute atomic E-state index is 0.154. The summed E-state index contributed by atoms with van der Waals surface area (Å²) >= 11 is 0. The van der Waals surface area contributed by atoms with Crippen molar-refractivity contribution < 1.29 is 14.2 Å². The molecular formula is C13H15FN2O2. The van der Waals surface area contributed by atoms with E-state index in [0.717, 1.165) is 6.54 Å². The van der Waals surface area contributed by atoms with Gasteiger partial charge in [0.25, 0.3) is 0 Å². The van der Waals surface area contributed by atoms with Gasteiger partial charge in [0.15, 0.2) is 5.75 Å². The number of halogens is 1. The summed E-state index contributed by atoms with van der Waals surface area (Å²) in [5.41, 5.74) is 0.154. The quantitative estimate of drug-likeness (QED) is 0.907. The number of nitrogens with zero attached hydrogens (tertiary/aromatic N) is 2. The fraction of sp³-hybridized carbons (Fsp3) is 0.308. The molecule has 0 aliphatic heterocycles. The van der Waals surface area contributed by atoms with E-state index < -0.39 is 11.9 Å². The lowest BCUT2D eigenvalue weighted by Gasteiger charge is -2.12. The molecule has 0 saturated heterocycles. The molecule has 1 N–H and O–H groups in total. The van der Waals surface area contributed by atoms with Crippen molar-refractivity contribution in [3.63, 3.8) is 0 Å². The van der Waals surface area contributed by atoms with Gasteiger partial charge in [-0.1, -0.05) is 6.07 Å². The zero-order valence-corrected chi connectivity index (χ0v) is 10.3. The number of aliphatic hydroxyl groups is 1. The largest absolute Gasteiger partial charge is 0.454 e. The van der Waals surface area contributed by atoms with Crippen molar-refractivity contribution in [2.24, 2.45) is 0 Å². The maximum atomic E-state index is 13.6. The Balaban J connectivity index is 2.31. The van der Waals surface area contributed by atoms with Crippen molar-refractivity contribution >= 4 is 0 Å². The average Bonchev–Trinajstić information content (AvgIpc) is 2.76. The molecule has 0 fully saturated rings. The fourth-order valence-corrected chi connectivity index (χ4v) is 1.71. The molecule has 0 unspecified atom stereocenters. The van der Waals surface area contributed by atoms with Crippen LogP contribution < -0.4 is 4.74 Å². The van der Waals surface area contributed by atoms with E-state index in [1.807, 2.05) is 6.92 Å². The zero-order chi connectivity index (χ0) is 13.1. The van der Waals surface area contributed by atoms with Crippen LogP contribution in [0.25, 0.3) is 0 Å². The van der Waals surface area contributed by atoms with Crippen LogP contribution >= 0.6 is 0 Å². The van der Waals surface area contributed by atoms with E-state index in [9.17, 15) is 9.50 Å². The maximum Gasteiger partial charge on any atom is 0.165 e. The van der Waals surface area contributed by atoms with E-state index in [-0.39, 0.29) is 5.56 Å². The Kier molecular flexibility index (Phi) is 3.62. The molecule has 1 atom stereocenters. The van der Waals surface area contributed by atoms with Crippen molar-refractivity contribution in [3.8, 4) is 11.5 Å². The van der Waals surface area contributed by atoms with E-state index in [1.165, 1.54) is 13.0 Å². The van der Waals surface area contributed by atoms with E-state index in [1.54, 1.807) is 29.2 Å². The fourth-order valence-electron chi connectivity index (χ4n) is 1.71. The second-order valence-electron chi connectivity index (χ2n) is 3.96. The molecule has 0 amide bonds. The summed E-state index contributed by atoms with van der Waals surface area (Å²) in [6.07, 6.45) is 2.35. The van der Waals surface area contributed by atoms with Gasteiger partial charge in [-0.3, -0.25) is 4.68 Å². The molecule has 0 aliphatic carbocycles. The smallest absolute Gasteiger partial charge is 0.165 e. The highest BCUT2D eigenvalue weighted by molar-refractivity contribution is 5.39. The van der Waals surface area contributed by atoms with E-state index in [4.69, 9.17) is 4.74 Å². The predicted octanol–water partition coefficient (Wildman–Crippen LogP) is 2.89. The van der Waals surface area contributed by atoms with Crippen molar-refractivity contribution in [2.75, 3.05) is 0 Å². The predicted molar refractivity (Wildman–Crippen MR) is 65.0 cm³/mol. The highest BCUT2D eigenvalue weighted by Gasteiger charge is 2.15. The van der Waals surface area contributed by atoms with E-state index >= 15 is 0 Å². The molecule has 4 nitrogen and oxygen atoms in total. The molecule has 5 heteroatoms. The van der Waals surface area contributed by atoms with Crippen LogP contribution in [0, 0.1) is 5.82 Å². The Morgan fingerprint density at radius 1 is 1.50 bits per heavy atom. The molecule has 0 radical (unpaired) electrons. The number of aromatic nitrogens is 2. The third kappa shape index (κ3) is 2.51. The van der Waals surface area contributed by atoms with E-state index in [0.29, 0.717) is 11.5 Å². The summed E-state index contributed by atoms with van der Waals surface area (Å²) in [6, 6.07) is 4.46. The Labute approximate surface area is 105 Å². The molecule has 18 heavy (non-hydrogen) atoms. The van der Waals surface area contributed by atoms with Crippen LogP contribution in [0.3, 0.4) is 0 Å². The minimum atomic E-state index is -0.928. The molecule has 2 aromatic rings. The van der Waals surface area contributed by atoms with Crippen LogP contribution in [0.5, 0.6) is 11.5 Å². The number of benzene rings is 1. The molecule has 1 aromatic carbocycles. The first-order valence-corrected chi connectivity index (χ1v) is 5.78. The van der Waals surface area contributed by atoms with Crippen LogP contribution in [0.4, 0.5) is 4.39 Å². The van der Waals surface area contributed by atoms with Crippen molar-refractivity contribution in [3.05, 3.63) is 42.0 Å². The van der Waals surface area contributed by atoms with Crippen LogP contribution in [0.15, 0.2) is 30.6 Å². The number of ether oxygens (including phenoxy) is 1. The van der Waals surface area contributed by atoms with Gasteiger partial charge in [0.1, 0.15) is 11.6 Å². The van der Waals surface area contributed by atoms with Crippen LogP contribution in [0.2, 0.25) is 0 Å². The first-order chi connectivity index (χ1) is 8.61. The number of aryl methyl sites for hydroxylation is 1. The molecule has 1 heterocycles. The van der Waals surface area contributed by atoms with Crippen LogP contribution in [0.1, 0.15) is 25.5 Å². The Hall–Kier alpha value is -1.88. The van der Waals surface area contributed by atoms with Gasteiger partial charge in [-0.15, -0.1) is 0 Å². The SMILES string of the molecule is CCn1cc(Oc2cccc(F)c2[C@H](C)O)cn1. The maximum absolute atomic E-state index is 13.6. The molecule has 96 valence electrons. The van der Waals surface area contributed by atoms with Gasteiger partial charge in [-0.2, -0.15) is 5.10 Å². The summed E-state index contributed by atoms with van der Waals surface area (Å²) in [5.74, 6) is 0.343. The van der Waals surface area contributed by atoms with Crippen molar-refractivity contribution in [1.29, 1.82) is 0 Å². The summed E-state index contributed by atoms with van der Waals surface area (Å²) in [5, 5.41) is 13.6. The monoisotopic (exact) mass is 250 g/mol. The molecular weight excluding hydrogens is 235 g/mol. The van der Waals surface area contributed by atoms with Crippen molar-refractivity contribution in [1.82, 2.24) is 9.78 Å². The Morgan fingerprint density at radius 2 is 2.28 bits per heavy atom. The van der Waals surface area contributed by atoms with Gasteiger partial charge in [0.05, 0.1) is 24.1 Å². The number of rotatable bonds is 4. The summed E-state index contributed by atoms with van der Waals surface area (Å²) in [4.78, 5) is 0. The summed E-state index contributed by atoms with van der Waals surface area (Å²) < 4.78 is 20.9. The Bertz CT molecular complexity index is 538. The zero-order valence-electron chi connectivity index (χ0n) is 10.3. The molecule has 0 aliphatic rings. The summed E-state index contributed by atoms with van der Waals surface area (Å²) in [7, 11) is 0. The second kappa shape index (κ2) is 5.18. The second-order valence-corrected chi connectivity index (χ2v) is 3.96. The topological polar surface area (TPSA) is 47.3 Å². The van der Waals surface area contributed by atoms with E-state index in [2.05, 4.69) is 5.10 Å². The molecule has 1 aromatic heterocycles. The molecule has 0 bridgehead atoms. The summed E-state index contributed by atoms with van der Waals surface area (Å²) in [6.45, 7) is 4.19. The molecule has 0 spiro atoms. The molecule has 2 rings (SSSR count). The van der Waals surface area contributed by atoms with Gasteiger partial charge in [0.2, 0.25) is 0 Å². The molecule has 0 saturated carbocycles. The highest BCUT2D eigenvalue weighted by Crippen LogP contribution is 2.31. The standard InChI is InChI=1S/C13H15FN2O2/c1-3-16-8-10(7-15-16)18-12-6-4-5-11(14)13(12)9(2)17/h4-9,17H,3H2,1-2H3/t9-/m0/s1. The van der Waals surface area contributed by atoms with Gasteiger partial charge < -0.3 is 9.84 Å². The lowest BCUT2D eigenvalue weighted by Crippen LogP contribution is -1.99. The van der Waals surface area contributed by atoms with Gasteiger partial charge in [-0.05, 0) is 26.0 Å². The first kappa shape index (κ1) is 12.6. The Morgan fingerprint density at radius 3 is 2.89 bits per heavy atom. The third-order valence-electron chi connectivity index (χ3n) is 2.59. The number of hydrogen-bond donors (Lipinski definition) is 1. The minimum Gasteiger partial charge on any atom is -0.454 e. The highest BCUT2D eigenvalue weighted by atomic mass is 19.1. The number of aliphatic hydroxyl groups excluding tert-OH is 1. The van der Waals surface area contributed by atoms with Crippen molar-refractivity contribution in [2.45, 2.75) is 26.5 Å².